The molecule has 0 spiro atoms. The summed E-state index contributed by atoms with van der Waals surface area (Å²) in [4.78, 5) is 19.8. The van der Waals surface area contributed by atoms with E-state index in [9.17, 15) is 13.2 Å². The lowest BCUT2D eigenvalue weighted by atomic mass is 9.96. The zero-order valence-electron chi connectivity index (χ0n) is 21.8. The standard InChI is InChI=1S/C28H29ClN2O2S.CH4O3S/c29-23-10-11-27-24(20-23)25(19-22-8-4-5-9-26(22)34-27)31-14-12-30(13-15-31)16-17-33-28(32)18-21-6-2-1-3-7-21;1-5(2,3)4/h1-11,20,25H,12-19H2;1H3,(H,2,3,4). The van der Waals surface area contributed by atoms with Gasteiger partial charge in [0.25, 0.3) is 10.1 Å². The molecule has 2 aliphatic rings. The Morgan fingerprint density at radius 2 is 1.67 bits per heavy atom. The molecule has 7 nitrogen and oxygen atoms in total. The number of ether oxygens (including phenoxy) is 1. The molecule has 3 aromatic rings. The van der Waals surface area contributed by atoms with Crippen LogP contribution in [0.25, 0.3) is 0 Å². The summed E-state index contributed by atoms with van der Waals surface area (Å²) in [5.41, 5.74) is 3.72. The monoisotopic (exact) mass is 588 g/mol. The molecule has 3 aromatic carbocycles. The van der Waals surface area contributed by atoms with Gasteiger partial charge >= 0.3 is 5.97 Å². The Bertz CT molecular complexity index is 1360. The number of rotatable bonds is 6. The average Bonchev–Trinajstić information content (AvgIpc) is 3.05. The molecule has 1 unspecified atom stereocenters. The van der Waals surface area contributed by atoms with E-state index in [0.29, 0.717) is 25.3 Å². The maximum absolute atomic E-state index is 12.1. The first-order valence-corrected chi connectivity index (χ1v) is 15.8. The summed E-state index contributed by atoms with van der Waals surface area (Å²) >= 11 is 8.28. The van der Waals surface area contributed by atoms with Crippen LogP contribution in [-0.2, 0) is 32.5 Å². The number of halogens is 1. The predicted octanol–water partition coefficient (Wildman–Crippen LogP) is 5.00. The fourth-order valence-corrected chi connectivity index (χ4v) is 6.10. The number of piperazine rings is 1. The van der Waals surface area contributed by atoms with Crippen molar-refractivity contribution in [3.63, 3.8) is 0 Å². The molecule has 0 radical (unpaired) electrons. The Balaban J connectivity index is 0.000000648. The molecule has 0 saturated carbocycles. The van der Waals surface area contributed by atoms with E-state index in [1.54, 1.807) is 0 Å². The van der Waals surface area contributed by atoms with E-state index in [1.807, 2.05) is 48.2 Å². The van der Waals surface area contributed by atoms with Gasteiger partial charge in [0.1, 0.15) is 6.61 Å². The molecule has 10 heteroatoms. The lowest BCUT2D eigenvalue weighted by Gasteiger charge is -2.39. The van der Waals surface area contributed by atoms with Crippen LogP contribution in [0.2, 0.25) is 5.02 Å². The van der Waals surface area contributed by atoms with Gasteiger partial charge in [0, 0.05) is 53.6 Å². The van der Waals surface area contributed by atoms with E-state index >= 15 is 0 Å². The van der Waals surface area contributed by atoms with E-state index < -0.39 is 10.1 Å². The summed E-state index contributed by atoms with van der Waals surface area (Å²) in [6, 6.07) is 25.1. The van der Waals surface area contributed by atoms with Gasteiger partial charge in [-0.3, -0.25) is 19.1 Å². The van der Waals surface area contributed by atoms with Crippen LogP contribution in [-0.4, -0.2) is 74.3 Å². The summed E-state index contributed by atoms with van der Waals surface area (Å²) < 4.78 is 31.4. The fourth-order valence-electron chi connectivity index (χ4n) is 4.81. The molecule has 2 heterocycles. The molecule has 1 fully saturated rings. The Labute approximate surface area is 239 Å². The van der Waals surface area contributed by atoms with Gasteiger partial charge in [-0.1, -0.05) is 71.9 Å². The third-order valence-corrected chi connectivity index (χ3v) is 8.09. The fraction of sp³-hybridized carbons (Fsp3) is 0.345. The molecule has 5 rings (SSSR count). The van der Waals surface area contributed by atoms with Crippen molar-refractivity contribution in [1.82, 2.24) is 9.80 Å². The molecular formula is C29H33ClN2O5S2. The summed E-state index contributed by atoms with van der Waals surface area (Å²) in [6.07, 6.45) is 2.04. The van der Waals surface area contributed by atoms with Crippen LogP contribution >= 0.6 is 23.4 Å². The van der Waals surface area contributed by atoms with Crippen LogP contribution in [0.15, 0.2) is 82.6 Å². The van der Waals surface area contributed by atoms with Gasteiger partial charge in [0.2, 0.25) is 0 Å². The smallest absolute Gasteiger partial charge is 0.310 e. The molecule has 0 aliphatic carbocycles. The third-order valence-electron chi connectivity index (χ3n) is 6.65. The normalized spacial score (nSPS) is 17.7. The van der Waals surface area contributed by atoms with Crippen LogP contribution in [0.3, 0.4) is 0 Å². The highest BCUT2D eigenvalue weighted by molar-refractivity contribution is 7.99. The average molecular weight is 589 g/mol. The SMILES string of the molecule is CS(=O)(=O)O.O=C(Cc1ccccc1)OCCN1CCN(C2Cc3ccccc3Sc3ccc(Cl)cc32)CC1. The Morgan fingerprint density at radius 1 is 1.00 bits per heavy atom. The van der Waals surface area contributed by atoms with Crippen molar-refractivity contribution >= 4 is 39.5 Å². The number of esters is 1. The largest absolute Gasteiger partial charge is 0.464 e. The zero-order chi connectivity index (χ0) is 27.8. The van der Waals surface area contributed by atoms with Crippen LogP contribution in [0.4, 0.5) is 0 Å². The maximum Gasteiger partial charge on any atom is 0.310 e. The maximum atomic E-state index is 12.1. The summed E-state index contributed by atoms with van der Waals surface area (Å²) in [7, 11) is -3.67. The third kappa shape index (κ3) is 9.34. The number of carbonyl (C=O) groups excluding carboxylic acids is 1. The molecule has 1 saturated heterocycles. The molecule has 1 N–H and O–H groups in total. The minimum absolute atomic E-state index is 0.159. The highest BCUT2D eigenvalue weighted by atomic mass is 35.5. The Hall–Kier alpha value is -2.40. The van der Waals surface area contributed by atoms with Crippen LogP contribution in [0.1, 0.15) is 22.7 Å². The van der Waals surface area contributed by atoms with Gasteiger partial charge in [-0.25, -0.2) is 0 Å². The first kappa shape index (κ1) is 29.6. The molecule has 0 aromatic heterocycles. The van der Waals surface area contributed by atoms with E-state index in [2.05, 4.69) is 46.2 Å². The number of fused-ring (bicyclic) bond motifs is 2. The number of hydrogen-bond donors (Lipinski definition) is 1. The molecule has 2 aliphatic heterocycles. The lowest BCUT2D eigenvalue weighted by molar-refractivity contribution is -0.143. The molecule has 39 heavy (non-hydrogen) atoms. The summed E-state index contributed by atoms with van der Waals surface area (Å²) in [5.74, 6) is -0.159. The Kier molecular flexibility index (Phi) is 10.5. The van der Waals surface area contributed by atoms with Crippen molar-refractivity contribution in [2.24, 2.45) is 0 Å². The van der Waals surface area contributed by atoms with Crippen molar-refractivity contribution in [3.05, 3.63) is 94.5 Å². The zero-order valence-corrected chi connectivity index (χ0v) is 24.2. The van der Waals surface area contributed by atoms with Gasteiger partial charge in [-0.05, 0) is 47.4 Å². The van der Waals surface area contributed by atoms with E-state index in [4.69, 9.17) is 20.9 Å². The lowest BCUT2D eigenvalue weighted by Crippen LogP contribution is -2.48. The van der Waals surface area contributed by atoms with Gasteiger partial charge in [0.05, 0.1) is 12.7 Å². The van der Waals surface area contributed by atoms with Crippen LogP contribution < -0.4 is 0 Å². The molecule has 1 atom stereocenters. The first-order valence-electron chi connectivity index (χ1n) is 12.8. The van der Waals surface area contributed by atoms with E-state index in [0.717, 1.165) is 49.7 Å². The predicted molar refractivity (Wildman–Crippen MR) is 155 cm³/mol. The second kappa shape index (κ2) is 13.8. The van der Waals surface area contributed by atoms with E-state index in [1.165, 1.54) is 20.9 Å². The van der Waals surface area contributed by atoms with Crippen LogP contribution in [0, 0.1) is 0 Å². The van der Waals surface area contributed by atoms with Crippen molar-refractivity contribution in [1.29, 1.82) is 0 Å². The highest BCUT2D eigenvalue weighted by Gasteiger charge is 2.30. The van der Waals surface area contributed by atoms with Crippen molar-refractivity contribution in [2.75, 3.05) is 45.6 Å². The van der Waals surface area contributed by atoms with Crippen molar-refractivity contribution in [3.8, 4) is 0 Å². The molecule has 208 valence electrons. The summed E-state index contributed by atoms with van der Waals surface area (Å²) in [5, 5.41) is 0.797. The quantitative estimate of drug-likeness (QED) is 0.318. The molecule has 0 bridgehead atoms. The van der Waals surface area contributed by atoms with Crippen molar-refractivity contribution < 1.29 is 22.5 Å². The first-order chi connectivity index (χ1) is 18.7. The van der Waals surface area contributed by atoms with Gasteiger partial charge in [-0.2, -0.15) is 8.42 Å². The van der Waals surface area contributed by atoms with Gasteiger partial charge in [-0.15, -0.1) is 0 Å². The summed E-state index contributed by atoms with van der Waals surface area (Å²) in [6.45, 7) is 5.13. The number of nitrogens with zero attached hydrogens (tertiary/aromatic N) is 2. The van der Waals surface area contributed by atoms with Crippen LogP contribution in [0.5, 0.6) is 0 Å². The van der Waals surface area contributed by atoms with E-state index in [-0.39, 0.29) is 5.97 Å². The second-order valence-electron chi connectivity index (χ2n) is 9.61. The topological polar surface area (TPSA) is 87.1 Å². The number of hydrogen-bond acceptors (Lipinski definition) is 7. The van der Waals surface area contributed by atoms with Gasteiger partial charge in [0.15, 0.2) is 0 Å². The Morgan fingerprint density at radius 3 is 2.38 bits per heavy atom. The van der Waals surface area contributed by atoms with Crippen molar-refractivity contribution in [2.45, 2.75) is 28.7 Å². The number of benzene rings is 3. The van der Waals surface area contributed by atoms with Gasteiger partial charge < -0.3 is 4.74 Å². The minimum Gasteiger partial charge on any atom is -0.464 e. The second-order valence-corrected chi connectivity index (χ2v) is 12.6. The molecule has 0 amide bonds. The highest BCUT2D eigenvalue weighted by Crippen LogP contribution is 2.43. The molecular weight excluding hydrogens is 556 g/mol. The minimum atomic E-state index is -3.67. The number of carbonyl (C=O) groups is 1.